The Kier molecular flexibility index (Phi) is 5.75. The predicted octanol–water partition coefficient (Wildman–Crippen LogP) is 6.62. The molecular weight excluding hydrogens is 527 g/mol. The fourth-order valence-corrected chi connectivity index (χ4v) is 6.32. The third-order valence-corrected chi connectivity index (χ3v) is 8.49. The number of nitrogens with one attached hydrogen (secondary N) is 2. The number of anilines is 5. The molecule has 2 aromatic carbocycles. The van der Waals surface area contributed by atoms with Crippen molar-refractivity contribution >= 4 is 61.4 Å². The van der Waals surface area contributed by atoms with E-state index in [-0.39, 0.29) is 5.91 Å². The number of pyridine rings is 1. The van der Waals surface area contributed by atoms with Crippen LogP contribution in [-0.2, 0) is 13.1 Å². The average molecular weight is 550 g/mol. The number of carbonyl (C=O) groups is 1. The monoisotopic (exact) mass is 549 g/mol. The van der Waals surface area contributed by atoms with E-state index in [4.69, 9.17) is 10.7 Å². The van der Waals surface area contributed by atoms with Gasteiger partial charge in [0.25, 0.3) is 5.91 Å². The summed E-state index contributed by atoms with van der Waals surface area (Å²) in [5.41, 5.74) is 13.6. The molecule has 0 bridgehead atoms. The number of amides is 1. The third kappa shape index (κ3) is 4.49. The molecule has 1 aliphatic rings. The van der Waals surface area contributed by atoms with Crippen LogP contribution in [0.1, 0.15) is 20.8 Å². The average Bonchev–Trinajstić information content (AvgIpc) is 3.75. The molecule has 10 heteroatoms. The van der Waals surface area contributed by atoms with Gasteiger partial charge in [-0.15, -0.1) is 22.7 Å². The molecule has 1 aliphatic heterocycles. The first-order chi connectivity index (χ1) is 19.1. The second-order valence-electron chi connectivity index (χ2n) is 9.25. The van der Waals surface area contributed by atoms with Crippen LogP contribution in [0.2, 0.25) is 0 Å². The number of para-hydroxylation sites is 2. The highest BCUT2D eigenvalue weighted by Gasteiger charge is 2.20. The first kappa shape index (κ1) is 23.4. The Morgan fingerprint density at radius 1 is 0.949 bits per heavy atom. The lowest BCUT2D eigenvalue weighted by Crippen LogP contribution is -2.15. The zero-order valence-electron chi connectivity index (χ0n) is 20.7. The third-order valence-electron chi connectivity index (χ3n) is 6.73. The molecule has 7 rings (SSSR count). The van der Waals surface area contributed by atoms with Crippen LogP contribution in [0, 0.1) is 0 Å². The molecule has 6 aromatic rings. The van der Waals surface area contributed by atoms with Crippen molar-refractivity contribution in [3.8, 4) is 11.4 Å². The second kappa shape index (κ2) is 9.57. The molecule has 0 aliphatic carbocycles. The van der Waals surface area contributed by atoms with Crippen LogP contribution in [-0.4, -0.2) is 20.3 Å². The Labute approximate surface area is 232 Å². The van der Waals surface area contributed by atoms with Gasteiger partial charge in [-0.05, 0) is 47.5 Å². The summed E-state index contributed by atoms with van der Waals surface area (Å²) in [5.74, 6) is -0.201. The molecule has 0 unspecified atom stereocenters. The van der Waals surface area contributed by atoms with Crippen LogP contribution in [0.4, 0.5) is 27.2 Å². The van der Waals surface area contributed by atoms with Crippen LogP contribution in [0.3, 0.4) is 0 Å². The Hall–Kier alpha value is -4.67. The summed E-state index contributed by atoms with van der Waals surface area (Å²) in [6, 6.07) is 23.6. The maximum Gasteiger partial charge on any atom is 0.265 e. The summed E-state index contributed by atoms with van der Waals surface area (Å²) >= 11 is 2.87. The molecule has 4 aromatic heterocycles. The Bertz CT molecular complexity index is 1810. The molecule has 0 saturated heterocycles. The van der Waals surface area contributed by atoms with E-state index < -0.39 is 0 Å². The van der Waals surface area contributed by atoms with E-state index >= 15 is 0 Å². The number of rotatable bonds is 6. The van der Waals surface area contributed by atoms with E-state index in [1.165, 1.54) is 33.8 Å². The van der Waals surface area contributed by atoms with Crippen molar-refractivity contribution < 1.29 is 4.79 Å². The van der Waals surface area contributed by atoms with Crippen molar-refractivity contribution in [2.75, 3.05) is 21.3 Å². The van der Waals surface area contributed by atoms with Gasteiger partial charge in [-0.3, -0.25) is 9.20 Å². The molecule has 0 spiro atoms. The minimum atomic E-state index is -0.201. The van der Waals surface area contributed by atoms with Crippen LogP contribution in [0.15, 0.2) is 90.6 Å². The summed E-state index contributed by atoms with van der Waals surface area (Å²) in [6.07, 6.45) is 4.00. The smallest absolute Gasteiger partial charge is 0.265 e. The minimum Gasteiger partial charge on any atom is -0.397 e. The normalized spacial score (nSPS) is 12.6. The van der Waals surface area contributed by atoms with Crippen molar-refractivity contribution in [1.82, 2.24) is 14.4 Å². The summed E-state index contributed by atoms with van der Waals surface area (Å²) in [5, 5.41) is 9.79. The lowest BCUT2D eigenvalue weighted by Gasteiger charge is -2.18. The van der Waals surface area contributed by atoms with Gasteiger partial charge in [-0.2, -0.15) is 0 Å². The van der Waals surface area contributed by atoms with Crippen molar-refractivity contribution in [3.05, 3.63) is 107 Å². The van der Waals surface area contributed by atoms with E-state index in [0.717, 1.165) is 45.9 Å². The molecule has 0 saturated carbocycles. The second-order valence-corrected chi connectivity index (χ2v) is 11.2. The maximum absolute atomic E-state index is 12.7. The van der Waals surface area contributed by atoms with Crippen LogP contribution >= 0.6 is 22.7 Å². The van der Waals surface area contributed by atoms with Gasteiger partial charge in [-0.1, -0.05) is 36.4 Å². The molecule has 4 N–H and O–H groups in total. The number of nitrogen functional groups attached to an aromatic ring is 1. The zero-order valence-corrected chi connectivity index (χ0v) is 22.3. The molecule has 39 heavy (non-hydrogen) atoms. The number of fused-ring (bicyclic) bond motifs is 2. The van der Waals surface area contributed by atoms with Crippen LogP contribution in [0.25, 0.3) is 17.0 Å². The molecule has 0 atom stereocenters. The number of hydrogen-bond acceptors (Lipinski definition) is 8. The van der Waals surface area contributed by atoms with E-state index in [2.05, 4.69) is 67.5 Å². The summed E-state index contributed by atoms with van der Waals surface area (Å²) in [6.45, 7) is 1.80. The number of imidazole rings is 1. The van der Waals surface area contributed by atoms with E-state index in [1.807, 2.05) is 29.8 Å². The van der Waals surface area contributed by atoms with Gasteiger partial charge in [0.2, 0.25) is 0 Å². The van der Waals surface area contributed by atoms with Crippen molar-refractivity contribution in [1.29, 1.82) is 0 Å². The van der Waals surface area contributed by atoms with E-state index in [1.54, 1.807) is 18.2 Å². The Morgan fingerprint density at radius 2 is 1.74 bits per heavy atom. The summed E-state index contributed by atoms with van der Waals surface area (Å²) in [7, 11) is 0. The molecular formula is C29H23N7OS2. The number of carbonyl (C=O) groups excluding carboxylic acids is 1. The van der Waals surface area contributed by atoms with Gasteiger partial charge in [0.1, 0.15) is 11.3 Å². The van der Waals surface area contributed by atoms with Crippen LogP contribution in [0.5, 0.6) is 0 Å². The number of aromatic nitrogens is 3. The molecule has 8 nitrogen and oxygen atoms in total. The van der Waals surface area contributed by atoms with E-state index in [0.29, 0.717) is 16.3 Å². The van der Waals surface area contributed by atoms with Crippen LogP contribution < -0.4 is 21.3 Å². The molecule has 1 amide bonds. The number of benzene rings is 2. The highest BCUT2D eigenvalue weighted by Crippen LogP contribution is 2.33. The fourth-order valence-electron chi connectivity index (χ4n) is 4.74. The molecule has 0 radical (unpaired) electrons. The lowest BCUT2D eigenvalue weighted by molar-refractivity contribution is 0.103. The topological polar surface area (TPSA) is 101 Å². The van der Waals surface area contributed by atoms with Gasteiger partial charge in [0, 0.05) is 24.7 Å². The Morgan fingerprint density at radius 3 is 2.56 bits per heavy atom. The molecule has 192 valence electrons. The number of nitrogens with zero attached hydrogens (tertiary/aromatic N) is 4. The quantitative estimate of drug-likeness (QED) is 0.202. The fraction of sp³-hybridized carbons (Fsp3) is 0.0690. The van der Waals surface area contributed by atoms with Gasteiger partial charge >= 0.3 is 0 Å². The SMILES string of the molecule is Nc1ccccc1NC(=O)c1ccc(Nc2nc(-c3cnc4ccc(N5Cc6ccccc6C5)cn34)cs2)s1. The van der Waals surface area contributed by atoms with Gasteiger partial charge in [-0.25, -0.2) is 9.97 Å². The highest BCUT2D eigenvalue weighted by atomic mass is 32.1. The summed E-state index contributed by atoms with van der Waals surface area (Å²) < 4.78 is 2.10. The summed E-state index contributed by atoms with van der Waals surface area (Å²) in [4.78, 5) is 25.1. The first-order valence-corrected chi connectivity index (χ1v) is 14.1. The highest BCUT2D eigenvalue weighted by molar-refractivity contribution is 7.19. The predicted molar refractivity (Wildman–Crippen MR) is 159 cm³/mol. The number of thiophene rings is 1. The Balaban J connectivity index is 1.08. The van der Waals surface area contributed by atoms with Gasteiger partial charge < -0.3 is 21.3 Å². The number of thiazole rings is 1. The number of hydrogen-bond donors (Lipinski definition) is 3. The maximum atomic E-state index is 12.7. The van der Waals surface area contributed by atoms with Gasteiger partial charge in [0.05, 0.1) is 38.8 Å². The van der Waals surface area contributed by atoms with Crippen molar-refractivity contribution in [2.45, 2.75) is 13.1 Å². The standard InChI is InChI=1S/C29H23N7OS2/c30-21-7-3-4-8-22(21)32-28(37)25-10-12-27(39-25)34-29-33-23(17-38-29)24-13-31-26-11-9-20(16-36(24)26)35-14-18-5-1-2-6-19(18)15-35/h1-13,16-17H,14-15,30H2,(H,32,37)(H,33,34). The van der Waals surface area contributed by atoms with Crippen molar-refractivity contribution in [2.24, 2.45) is 0 Å². The largest absolute Gasteiger partial charge is 0.397 e. The number of nitrogens with two attached hydrogens (primary N) is 1. The molecule has 0 fully saturated rings. The van der Waals surface area contributed by atoms with E-state index in [9.17, 15) is 4.79 Å². The lowest BCUT2D eigenvalue weighted by atomic mass is 10.1. The van der Waals surface area contributed by atoms with Gasteiger partial charge in [0.15, 0.2) is 5.13 Å². The molecule has 5 heterocycles. The van der Waals surface area contributed by atoms with Crippen molar-refractivity contribution in [3.63, 3.8) is 0 Å². The minimum absolute atomic E-state index is 0.201. The first-order valence-electron chi connectivity index (χ1n) is 12.4. The zero-order chi connectivity index (χ0) is 26.3.